The Morgan fingerprint density at radius 3 is 2.81 bits per heavy atom. The van der Waals surface area contributed by atoms with Gasteiger partial charge in [-0.15, -0.1) is 0 Å². The highest BCUT2D eigenvalue weighted by molar-refractivity contribution is 5.87. The largest absolute Gasteiger partial charge is 0.347 e. The predicted molar refractivity (Wildman–Crippen MR) is 69.7 cm³/mol. The number of nitrogens with zero attached hydrogens (tertiary/aromatic N) is 1. The molecule has 0 aliphatic heterocycles. The Labute approximate surface area is 97.1 Å². The molecule has 0 saturated heterocycles. The summed E-state index contributed by atoms with van der Waals surface area (Å²) in [6.45, 7) is 6.18. The third-order valence-electron chi connectivity index (χ3n) is 3.18. The molecule has 1 aromatic heterocycles. The predicted octanol–water partition coefficient (Wildman–Crippen LogP) is 2.86. The second-order valence-corrected chi connectivity index (χ2v) is 4.30. The quantitative estimate of drug-likeness (QED) is 0.837. The van der Waals surface area contributed by atoms with Crippen molar-refractivity contribution in [1.29, 1.82) is 0 Å². The Morgan fingerprint density at radius 2 is 2.12 bits per heavy atom. The van der Waals surface area contributed by atoms with Gasteiger partial charge in [-0.1, -0.05) is 12.1 Å². The first kappa shape index (κ1) is 11.2. The van der Waals surface area contributed by atoms with E-state index in [1.165, 1.54) is 22.0 Å². The topological polar surface area (TPSA) is 30.9 Å². The summed E-state index contributed by atoms with van der Waals surface area (Å²) in [6, 6.07) is 6.53. The van der Waals surface area contributed by atoms with Crippen LogP contribution in [0.5, 0.6) is 0 Å². The van der Waals surface area contributed by atoms with Crippen LogP contribution in [0.4, 0.5) is 0 Å². The highest BCUT2D eigenvalue weighted by Crippen LogP contribution is 2.25. The summed E-state index contributed by atoms with van der Waals surface area (Å²) in [4.78, 5) is 0. The molecule has 16 heavy (non-hydrogen) atoms. The van der Waals surface area contributed by atoms with Gasteiger partial charge >= 0.3 is 0 Å². The van der Waals surface area contributed by atoms with Crippen molar-refractivity contribution in [1.82, 2.24) is 4.57 Å². The first-order valence-corrected chi connectivity index (χ1v) is 6.05. The summed E-state index contributed by atoms with van der Waals surface area (Å²) in [5, 5.41) is 1.43. The monoisotopic (exact) mass is 216 g/mol. The maximum absolute atomic E-state index is 5.59. The standard InChI is InChI=1S/C14H20N2/c1-3-16-10-12(7-5-9-15)14-11(2)6-4-8-13(14)16/h4,6,8,10H,3,5,7,9,15H2,1-2H3. The van der Waals surface area contributed by atoms with Gasteiger partial charge in [0.2, 0.25) is 0 Å². The lowest BCUT2D eigenvalue weighted by atomic mass is 10.0. The molecule has 2 aromatic rings. The molecule has 0 atom stereocenters. The second kappa shape index (κ2) is 4.71. The SMILES string of the molecule is CCn1cc(CCCN)c2c(C)cccc21. The number of hydrogen-bond acceptors (Lipinski definition) is 1. The highest BCUT2D eigenvalue weighted by Gasteiger charge is 2.08. The smallest absolute Gasteiger partial charge is 0.0485 e. The van der Waals surface area contributed by atoms with E-state index in [4.69, 9.17) is 5.73 Å². The fourth-order valence-corrected chi connectivity index (χ4v) is 2.38. The van der Waals surface area contributed by atoms with E-state index in [9.17, 15) is 0 Å². The first-order chi connectivity index (χ1) is 7.77. The molecule has 0 fully saturated rings. The Bertz CT molecular complexity index is 483. The summed E-state index contributed by atoms with van der Waals surface area (Å²) in [5.74, 6) is 0. The van der Waals surface area contributed by atoms with E-state index >= 15 is 0 Å². The van der Waals surface area contributed by atoms with E-state index in [1.54, 1.807) is 0 Å². The third-order valence-corrected chi connectivity index (χ3v) is 3.18. The summed E-state index contributed by atoms with van der Waals surface area (Å²) in [7, 11) is 0. The molecule has 0 amide bonds. The van der Waals surface area contributed by atoms with Crippen molar-refractivity contribution in [3.8, 4) is 0 Å². The van der Waals surface area contributed by atoms with Crippen molar-refractivity contribution in [3.05, 3.63) is 35.5 Å². The van der Waals surface area contributed by atoms with Gasteiger partial charge in [0.25, 0.3) is 0 Å². The van der Waals surface area contributed by atoms with Gasteiger partial charge in [0.15, 0.2) is 0 Å². The molecular weight excluding hydrogens is 196 g/mol. The van der Waals surface area contributed by atoms with E-state index in [0.29, 0.717) is 0 Å². The minimum Gasteiger partial charge on any atom is -0.347 e. The van der Waals surface area contributed by atoms with Crippen LogP contribution in [0.3, 0.4) is 0 Å². The molecule has 0 radical (unpaired) electrons. The molecule has 2 rings (SSSR count). The number of aryl methyl sites for hydroxylation is 3. The number of benzene rings is 1. The van der Waals surface area contributed by atoms with Gasteiger partial charge in [0.05, 0.1) is 0 Å². The zero-order valence-electron chi connectivity index (χ0n) is 10.2. The number of nitrogens with two attached hydrogens (primary N) is 1. The van der Waals surface area contributed by atoms with Crippen LogP contribution in [0.25, 0.3) is 10.9 Å². The molecule has 0 spiro atoms. The van der Waals surface area contributed by atoms with Crippen LogP contribution in [0.15, 0.2) is 24.4 Å². The fourth-order valence-electron chi connectivity index (χ4n) is 2.38. The number of aromatic nitrogens is 1. The zero-order chi connectivity index (χ0) is 11.5. The third kappa shape index (κ3) is 1.85. The first-order valence-electron chi connectivity index (χ1n) is 6.05. The Balaban J connectivity index is 2.55. The van der Waals surface area contributed by atoms with Gasteiger partial charge < -0.3 is 10.3 Å². The molecule has 2 nitrogen and oxygen atoms in total. The van der Waals surface area contributed by atoms with Gasteiger partial charge in [-0.2, -0.15) is 0 Å². The normalized spacial score (nSPS) is 11.2. The molecular formula is C14H20N2. The van der Waals surface area contributed by atoms with Gasteiger partial charge in [0, 0.05) is 23.6 Å². The summed E-state index contributed by atoms with van der Waals surface area (Å²) in [6.07, 6.45) is 4.44. The molecule has 1 heterocycles. The minimum absolute atomic E-state index is 0.769. The van der Waals surface area contributed by atoms with Gasteiger partial charge in [0.1, 0.15) is 0 Å². The van der Waals surface area contributed by atoms with Crippen LogP contribution in [-0.4, -0.2) is 11.1 Å². The number of hydrogen-bond donors (Lipinski definition) is 1. The summed E-state index contributed by atoms with van der Waals surface area (Å²) in [5.41, 5.74) is 9.76. The molecule has 0 aliphatic rings. The molecule has 0 saturated carbocycles. The Hall–Kier alpha value is -1.28. The lowest BCUT2D eigenvalue weighted by Crippen LogP contribution is -2.00. The summed E-state index contributed by atoms with van der Waals surface area (Å²) >= 11 is 0. The van der Waals surface area contributed by atoms with Crippen molar-refractivity contribution in [2.24, 2.45) is 5.73 Å². The van der Waals surface area contributed by atoms with Crippen molar-refractivity contribution < 1.29 is 0 Å². The van der Waals surface area contributed by atoms with Crippen LogP contribution in [-0.2, 0) is 13.0 Å². The van der Waals surface area contributed by atoms with Crippen LogP contribution in [0.1, 0.15) is 24.5 Å². The number of rotatable bonds is 4. The van der Waals surface area contributed by atoms with Crippen molar-refractivity contribution in [2.45, 2.75) is 33.2 Å². The van der Waals surface area contributed by atoms with E-state index in [0.717, 1.165) is 25.9 Å². The average Bonchev–Trinajstić information content (AvgIpc) is 2.66. The minimum atomic E-state index is 0.769. The molecule has 0 bridgehead atoms. The highest BCUT2D eigenvalue weighted by atomic mass is 14.9. The van der Waals surface area contributed by atoms with Crippen LogP contribution in [0, 0.1) is 6.92 Å². The molecule has 0 unspecified atom stereocenters. The van der Waals surface area contributed by atoms with E-state index in [-0.39, 0.29) is 0 Å². The lowest BCUT2D eigenvalue weighted by molar-refractivity contribution is 0.781. The number of fused-ring (bicyclic) bond motifs is 1. The van der Waals surface area contributed by atoms with Crippen molar-refractivity contribution in [3.63, 3.8) is 0 Å². The second-order valence-electron chi connectivity index (χ2n) is 4.30. The van der Waals surface area contributed by atoms with Crippen LogP contribution < -0.4 is 5.73 Å². The van der Waals surface area contributed by atoms with Crippen molar-refractivity contribution >= 4 is 10.9 Å². The molecule has 2 heteroatoms. The van der Waals surface area contributed by atoms with E-state index in [2.05, 4.69) is 42.8 Å². The molecule has 0 aliphatic carbocycles. The van der Waals surface area contributed by atoms with Crippen molar-refractivity contribution in [2.75, 3.05) is 6.54 Å². The van der Waals surface area contributed by atoms with Gasteiger partial charge in [-0.05, 0) is 50.4 Å². The van der Waals surface area contributed by atoms with Gasteiger partial charge in [-0.3, -0.25) is 0 Å². The van der Waals surface area contributed by atoms with Crippen LogP contribution >= 0.6 is 0 Å². The maximum atomic E-state index is 5.59. The average molecular weight is 216 g/mol. The van der Waals surface area contributed by atoms with E-state index < -0.39 is 0 Å². The lowest BCUT2D eigenvalue weighted by Gasteiger charge is -2.02. The van der Waals surface area contributed by atoms with E-state index in [1.807, 2.05) is 0 Å². The summed E-state index contributed by atoms with van der Waals surface area (Å²) < 4.78 is 2.33. The molecule has 1 aromatic carbocycles. The molecule has 2 N–H and O–H groups in total. The molecule has 86 valence electrons. The maximum Gasteiger partial charge on any atom is 0.0485 e. The Kier molecular flexibility index (Phi) is 3.30. The van der Waals surface area contributed by atoms with Crippen LogP contribution in [0.2, 0.25) is 0 Å². The zero-order valence-corrected chi connectivity index (χ0v) is 10.2. The Morgan fingerprint density at radius 1 is 1.31 bits per heavy atom. The van der Waals surface area contributed by atoms with Gasteiger partial charge in [-0.25, -0.2) is 0 Å². The fraction of sp³-hybridized carbons (Fsp3) is 0.429.